The first-order chi connectivity index (χ1) is 30.0. The van der Waals surface area contributed by atoms with Crippen molar-refractivity contribution in [3.8, 4) is 45.3 Å². The van der Waals surface area contributed by atoms with Crippen molar-refractivity contribution in [3.05, 3.63) is 129 Å². The minimum absolute atomic E-state index is 0.0206. The topological polar surface area (TPSA) is 128 Å². The van der Waals surface area contributed by atoms with E-state index in [1.54, 1.807) is 19.1 Å². The van der Waals surface area contributed by atoms with Gasteiger partial charge in [-0.1, -0.05) is 125 Å². The summed E-state index contributed by atoms with van der Waals surface area (Å²) >= 11 is 0. The molecular weight excluding hydrogens is 773 g/mol. The molecule has 2 heterocycles. The normalized spacial score (nSPS) is 14.5. The van der Waals surface area contributed by atoms with Gasteiger partial charge < -0.3 is 30.7 Å². The Balaban J connectivity index is 1.18. The number of phenols is 3. The lowest BCUT2D eigenvalue weighted by Gasteiger charge is -2.33. The second kappa shape index (κ2) is 16.1. The summed E-state index contributed by atoms with van der Waals surface area (Å²) in [6.07, 6.45) is 11.6. The average molecular weight is 827 g/mol. The lowest BCUT2D eigenvalue weighted by Crippen LogP contribution is -2.25. The molecule has 1 aliphatic carbocycles. The Morgan fingerprint density at radius 1 is 0.565 bits per heavy atom. The molecule has 2 amide bonds. The summed E-state index contributed by atoms with van der Waals surface area (Å²) in [6.45, 7) is 8.38. The third-order valence-corrected chi connectivity index (χ3v) is 13.6. The number of fused-ring (bicyclic) bond motifs is 8. The molecule has 62 heavy (non-hydrogen) atoms. The van der Waals surface area contributed by atoms with Crippen molar-refractivity contribution in [1.29, 1.82) is 0 Å². The number of rotatable bonds is 14. The van der Waals surface area contributed by atoms with Gasteiger partial charge in [-0.3, -0.25) is 9.59 Å². The zero-order valence-electron chi connectivity index (χ0n) is 36.2. The summed E-state index contributed by atoms with van der Waals surface area (Å²) in [4.78, 5) is 27.6. The van der Waals surface area contributed by atoms with Gasteiger partial charge in [0, 0.05) is 32.2 Å². The Kier molecular flexibility index (Phi) is 10.6. The van der Waals surface area contributed by atoms with Crippen LogP contribution in [0, 0.1) is 13.8 Å². The predicted molar refractivity (Wildman–Crippen MR) is 249 cm³/mol. The Morgan fingerprint density at radius 2 is 1.13 bits per heavy atom. The molecule has 8 nitrogen and oxygen atoms in total. The molecule has 0 spiro atoms. The van der Waals surface area contributed by atoms with Crippen LogP contribution in [0.15, 0.2) is 84.9 Å². The van der Waals surface area contributed by atoms with Crippen LogP contribution in [0.1, 0.15) is 111 Å². The number of hydrogen-bond acceptors (Lipinski definition) is 6. The first kappa shape index (κ1) is 40.8. The average Bonchev–Trinajstić information content (AvgIpc) is 3.88. The molecule has 6 aromatic rings. The lowest BCUT2D eigenvalue weighted by molar-refractivity contribution is -0.111. The van der Waals surface area contributed by atoms with Crippen LogP contribution in [0.5, 0.6) is 23.0 Å². The Morgan fingerprint density at radius 3 is 1.69 bits per heavy atom. The number of benzene rings is 6. The molecule has 0 aromatic heterocycles. The van der Waals surface area contributed by atoms with Gasteiger partial charge >= 0.3 is 0 Å². The number of aromatic hydroxyl groups is 3. The number of hydrogen-bond donors (Lipinski definition) is 5. The van der Waals surface area contributed by atoms with Crippen LogP contribution < -0.4 is 25.8 Å². The number of carbonyl (C=O) groups excluding carboxylic acids is 2. The van der Waals surface area contributed by atoms with E-state index >= 15 is 0 Å². The van der Waals surface area contributed by atoms with Crippen molar-refractivity contribution in [2.24, 2.45) is 0 Å². The maximum atomic E-state index is 14.1. The summed E-state index contributed by atoms with van der Waals surface area (Å²) in [5, 5.41) is 41.4. The van der Waals surface area contributed by atoms with E-state index in [0.29, 0.717) is 55.2 Å². The first-order valence-corrected chi connectivity index (χ1v) is 22.2. The van der Waals surface area contributed by atoms with Gasteiger partial charge in [-0.25, -0.2) is 0 Å². The molecule has 0 radical (unpaired) electrons. The molecule has 6 aromatic carbocycles. The summed E-state index contributed by atoms with van der Waals surface area (Å²) in [5.41, 5.74) is 11.5. The number of ether oxygens (including phenoxy) is 1. The fraction of sp³-hybridized carbons (Fsp3) is 0.296. The quantitative estimate of drug-likeness (QED) is 0.0550. The van der Waals surface area contributed by atoms with Crippen molar-refractivity contribution in [2.45, 2.75) is 97.3 Å². The maximum absolute atomic E-state index is 14.1. The van der Waals surface area contributed by atoms with Crippen LogP contribution in [-0.2, 0) is 15.0 Å². The SMILES string of the molecule is CCCCCCC1(CCCCCC)c2cc(C)ccc2-c2ccc(-c3cc(C4=c5ccc6c7c(ccc6c5NC4=O)=C(c4cc(C)c(O)c(O)c4)C(=O)N7)cc(OC)c3O)cc21. The molecule has 0 fully saturated rings. The molecule has 5 N–H and O–H groups in total. The van der Waals surface area contributed by atoms with E-state index in [9.17, 15) is 24.9 Å². The molecular formula is C54H54N2O6. The Hall–Kier alpha value is -6.54. The van der Waals surface area contributed by atoms with Crippen LogP contribution >= 0.6 is 0 Å². The fourth-order valence-corrected chi connectivity index (χ4v) is 10.4. The zero-order chi connectivity index (χ0) is 43.4. The van der Waals surface area contributed by atoms with Crippen LogP contribution in [0.4, 0.5) is 11.4 Å². The smallest absolute Gasteiger partial charge is 0.256 e. The van der Waals surface area contributed by atoms with Crippen LogP contribution in [0.3, 0.4) is 0 Å². The lowest BCUT2D eigenvalue weighted by atomic mass is 9.70. The van der Waals surface area contributed by atoms with Gasteiger partial charge in [0.1, 0.15) is 0 Å². The summed E-state index contributed by atoms with van der Waals surface area (Å²) in [7, 11) is 1.53. The minimum Gasteiger partial charge on any atom is -0.504 e. The van der Waals surface area contributed by atoms with Crippen LogP contribution in [0.25, 0.3) is 44.2 Å². The third kappa shape index (κ3) is 6.59. The predicted octanol–water partition coefficient (Wildman–Crippen LogP) is 10.8. The number of carbonyl (C=O) groups is 2. The van der Waals surface area contributed by atoms with Crippen molar-refractivity contribution in [3.63, 3.8) is 0 Å². The fourth-order valence-electron chi connectivity index (χ4n) is 10.4. The van der Waals surface area contributed by atoms with E-state index in [4.69, 9.17) is 4.74 Å². The van der Waals surface area contributed by atoms with Gasteiger partial charge in [0.2, 0.25) is 0 Å². The highest BCUT2D eigenvalue weighted by Crippen LogP contribution is 2.56. The van der Waals surface area contributed by atoms with Crippen molar-refractivity contribution in [2.75, 3.05) is 17.7 Å². The number of amides is 2. The van der Waals surface area contributed by atoms with Gasteiger partial charge in [0.25, 0.3) is 11.8 Å². The largest absolute Gasteiger partial charge is 0.504 e. The number of nitrogens with one attached hydrogen (secondary N) is 2. The Labute approximate surface area is 362 Å². The maximum Gasteiger partial charge on any atom is 0.256 e. The van der Waals surface area contributed by atoms with Crippen molar-refractivity contribution < 1.29 is 29.6 Å². The summed E-state index contributed by atoms with van der Waals surface area (Å²) < 4.78 is 5.81. The highest BCUT2D eigenvalue weighted by atomic mass is 16.5. The molecule has 8 heteroatoms. The van der Waals surface area contributed by atoms with E-state index in [1.165, 1.54) is 79.5 Å². The van der Waals surface area contributed by atoms with Crippen LogP contribution in [-0.4, -0.2) is 34.2 Å². The molecule has 0 saturated carbocycles. The van der Waals surface area contributed by atoms with Gasteiger partial charge in [-0.05, 0) is 102 Å². The number of methoxy groups -OCH3 is 1. The molecule has 3 aliphatic rings. The standard InChI is InChI=1S/C54H54N2O6/c1-6-8-10-12-22-54(23-13-11-9-7-2)42-24-30(3)14-16-35(42)36-17-15-32(27-43(36)54)41-26-34(29-45(62-5)51(41)59)47-40-21-19-37-38(49(40)56-53(47)61)18-20-39-46(52(60)55-48(37)39)33-25-31(4)50(58)44(57)28-33/h14-21,24-29,57-59H,6-13,22-23H2,1-5H3,(H,55,60)(H,56,61). The molecule has 2 aliphatic heterocycles. The highest BCUT2D eigenvalue weighted by molar-refractivity contribution is 6.33. The summed E-state index contributed by atoms with van der Waals surface area (Å²) in [5.74, 6) is -0.833. The minimum atomic E-state index is -0.326. The van der Waals surface area contributed by atoms with Crippen molar-refractivity contribution in [1.82, 2.24) is 0 Å². The van der Waals surface area contributed by atoms with Gasteiger partial charge in [-0.15, -0.1) is 0 Å². The van der Waals surface area contributed by atoms with E-state index in [1.807, 2.05) is 30.3 Å². The second-order valence-corrected chi connectivity index (χ2v) is 17.5. The Bertz CT molecular complexity index is 2950. The zero-order valence-corrected chi connectivity index (χ0v) is 36.2. The monoisotopic (exact) mass is 826 g/mol. The van der Waals surface area contributed by atoms with Gasteiger partial charge in [0.05, 0.1) is 29.6 Å². The van der Waals surface area contributed by atoms with Gasteiger partial charge in [0.15, 0.2) is 23.0 Å². The molecule has 0 unspecified atom stereocenters. The highest BCUT2D eigenvalue weighted by Gasteiger charge is 2.42. The van der Waals surface area contributed by atoms with E-state index < -0.39 is 0 Å². The second-order valence-electron chi connectivity index (χ2n) is 17.5. The molecule has 0 atom stereocenters. The van der Waals surface area contributed by atoms with Crippen molar-refractivity contribution >= 4 is 45.1 Å². The van der Waals surface area contributed by atoms with Crippen LogP contribution in [0.2, 0.25) is 0 Å². The number of phenolic OH excluding ortho intramolecular Hbond substituents is 3. The number of anilines is 2. The van der Waals surface area contributed by atoms with E-state index in [-0.39, 0.29) is 40.2 Å². The number of aryl methyl sites for hydroxylation is 2. The molecule has 316 valence electrons. The molecule has 0 bridgehead atoms. The van der Waals surface area contributed by atoms with E-state index in [0.717, 1.165) is 42.0 Å². The molecule has 0 saturated heterocycles. The summed E-state index contributed by atoms with van der Waals surface area (Å²) in [6, 6.07) is 27.8. The molecule has 9 rings (SSSR count). The van der Waals surface area contributed by atoms with E-state index in [2.05, 4.69) is 67.8 Å². The van der Waals surface area contributed by atoms with Gasteiger partial charge in [-0.2, -0.15) is 0 Å². The third-order valence-electron chi connectivity index (χ3n) is 13.6. The number of unbranched alkanes of at least 4 members (excludes halogenated alkanes) is 6. The first-order valence-electron chi connectivity index (χ1n) is 22.2.